The van der Waals surface area contributed by atoms with E-state index in [0.29, 0.717) is 53.9 Å². The SMILES string of the molecule is CCCCCOc1ccc([C@H]2/C(=C(\O)c3ccc4c(c3)OCCO4)C(=O)C(=O)N2Cc2ccccc2)cc1OC. The van der Waals surface area contributed by atoms with E-state index in [2.05, 4.69) is 6.92 Å². The number of ketones is 1. The van der Waals surface area contributed by atoms with E-state index in [1.165, 1.54) is 4.90 Å². The molecule has 2 aliphatic heterocycles. The summed E-state index contributed by atoms with van der Waals surface area (Å²) >= 11 is 0. The highest BCUT2D eigenvalue weighted by atomic mass is 16.6. The highest BCUT2D eigenvalue weighted by Crippen LogP contribution is 2.43. The van der Waals surface area contributed by atoms with Crippen molar-refractivity contribution >= 4 is 17.4 Å². The lowest BCUT2D eigenvalue weighted by molar-refractivity contribution is -0.140. The van der Waals surface area contributed by atoms with Crippen molar-refractivity contribution in [2.24, 2.45) is 0 Å². The van der Waals surface area contributed by atoms with Gasteiger partial charge in [-0.25, -0.2) is 0 Å². The number of Topliss-reactive ketones (excluding diaryl/α,β-unsaturated/α-hetero) is 1. The Hall–Kier alpha value is -4.46. The number of nitrogens with zero attached hydrogens (tertiary/aromatic N) is 1. The van der Waals surface area contributed by atoms with Crippen LogP contribution >= 0.6 is 0 Å². The third-order valence-corrected chi connectivity index (χ3v) is 7.06. The number of fused-ring (bicyclic) bond motifs is 1. The molecule has 8 nitrogen and oxygen atoms in total. The molecule has 0 spiro atoms. The number of carbonyl (C=O) groups excluding carboxylic acids is 2. The molecule has 0 aliphatic carbocycles. The number of benzene rings is 3. The number of rotatable bonds is 10. The van der Waals surface area contributed by atoms with Gasteiger partial charge in [0.2, 0.25) is 0 Å². The van der Waals surface area contributed by atoms with Gasteiger partial charge in [-0.05, 0) is 47.9 Å². The molecule has 0 saturated carbocycles. The van der Waals surface area contributed by atoms with Crippen molar-refractivity contribution in [1.82, 2.24) is 4.90 Å². The number of hydrogen-bond acceptors (Lipinski definition) is 7. The number of amides is 1. The number of unbranched alkanes of at least 4 members (excludes halogenated alkanes) is 2. The molecule has 3 aromatic rings. The molecule has 0 radical (unpaired) electrons. The van der Waals surface area contributed by atoms with Crippen molar-refractivity contribution in [1.29, 1.82) is 0 Å². The van der Waals surface area contributed by atoms with E-state index in [4.69, 9.17) is 18.9 Å². The number of carbonyl (C=O) groups is 2. The highest BCUT2D eigenvalue weighted by Gasteiger charge is 2.46. The largest absolute Gasteiger partial charge is 0.507 e. The minimum Gasteiger partial charge on any atom is -0.507 e. The summed E-state index contributed by atoms with van der Waals surface area (Å²) < 4.78 is 22.9. The normalized spacial score (nSPS) is 17.6. The average molecular weight is 544 g/mol. The second-order valence-electron chi connectivity index (χ2n) is 9.74. The molecule has 0 unspecified atom stereocenters. The van der Waals surface area contributed by atoms with E-state index in [1.807, 2.05) is 36.4 Å². The quantitative estimate of drug-likeness (QED) is 0.153. The number of aliphatic hydroxyl groups excluding tert-OH is 1. The van der Waals surface area contributed by atoms with Gasteiger partial charge in [-0.1, -0.05) is 56.2 Å². The Bertz CT molecular complexity index is 1420. The van der Waals surface area contributed by atoms with Gasteiger partial charge in [0.25, 0.3) is 11.7 Å². The van der Waals surface area contributed by atoms with Crippen LogP contribution in [0.5, 0.6) is 23.0 Å². The fourth-order valence-corrected chi connectivity index (χ4v) is 5.02. The molecular weight excluding hydrogens is 510 g/mol. The first-order valence-electron chi connectivity index (χ1n) is 13.5. The molecule has 1 amide bonds. The van der Waals surface area contributed by atoms with E-state index < -0.39 is 17.7 Å². The maximum absolute atomic E-state index is 13.5. The number of ether oxygens (including phenoxy) is 4. The predicted molar refractivity (Wildman–Crippen MR) is 150 cm³/mol. The van der Waals surface area contributed by atoms with Crippen molar-refractivity contribution < 1.29 is 33.6 Å². The van der Waals surface area contributed by atoms with Gasteiger partial charge < -0.3 is 29.0 Å². The van der Waals surface area contributed by atoms with Gasteiger partial charge in [-0.15, -0.1) is 0 Å². The van der Waals surface area contributed by atoms with Gasteiger partial charge in [0, 0.05) is 12.1 Å². The number of aliphatic hydroxyl groups is 1. The van der Waals surface area contributed by atoms with Crippen molar-refractivity contribution in [3.05, 3.63) is 89.0 Å². The molecule has 0 bridgehead atoms. The molecule has 1 N–H and O–H groups in total. The van der Waals surface area contributed by atoms with Gasteiger partial charge in [-0.2, -0.15) is 0 Å². The Morgan fingerprint density at radius 3 is 2.48 bits per heavy atom. The monoisotopic (exact) mass is 543 g/mol. The summed E-state index contributed by atoms with van der Waals surface area (Å²) in [5.74, 6) is 0.362. The zero-order valence-electron chi connectivity index (χ0n) is 22.7. The first kappa shape index (κ1) is 27.1. The summed E-state index contributed by atoms with van der Waals surface area (Å²) in [7, 11) is 1.55. The molecule has 40 heavy (non-hydrogen) atoms. The van der Waals surface area contributed by atoms with Gasteiger partial charge in [0.15, 0.2) is 23.0 Å². The summed E-state index contributed by atoms with van der Waals surface area (Å²) in [4.78, 5) is 28.4. The zero-order valence-corrected chi connectivity index (χ0v) is 22.7. The second kappa shape index (κ2) is 12.2. The fourth-order valence-electron chi connectivity index (χ4n) is 5.02. The van der Waals surface area contributed by atoms with Crippen LogP contribution in [-0.4, -0.2) is 48.6 Å². The molecule has 8 heteroatoms. The summed E-state index contributed by atoms with van der Waals surface area (Å²) in [5.41, 5.74) is 1.83. The first-order chi connectivity index (χ1) is 19.5. The standard InChI is InChI=1S/C32H33NO7/c1-3-4-8-15-38-24-13-11-22(18-26(24)37-2)29-28(30(34)23-12-14-25-27(19-23)40-17-16-39-25)31(35)32(36)33(29)20-21-9-6-5-7-10-21/h5-7,9-14,18-19,29,34H,3-4,8,15-17,20H2,1-2H3/b30-28+/t29-/m0/s1. The lowest BCUT2D eigenvalue weighted by Gasteiger charge is -2.26. The van der Waals surface area contributed by atoms with Gasteiger partial charge in [0.05, 0.1) is 25.3 Å². The number of likely N-dealkylation sites (tertiary alicyclic amines) is 1. The first-order valence-corrected chi connectivity index (χ1v) is 13.5. The smallest absolute Gasteiger partial charge is 0.295 e. The molecule has 1 fully saturated rings. The Labute approximate surface area is 233 Å². The van der Waals surface area contributed by atoms with Gasteiger partial charge >= 0.3 is 0 Å². The third-order valence-electron chi connectivity index (χ3n) is 7.06. The Balaban J connectivity index is 1.58. The van der Waals surface area contributed by atoms with Crippen LogP contribution in [0.3, 0.4) is 0 Å². The summed E-state index contributed by atoms with van der Waals surface area (Å²) in [5, 5.41) is 11.5. The summed E-state index contributed by atoms with van der Waals surface area (Å²) in [6, 6.07) is 18.9. The fraction of sp³-hybridized carbons (Fsp3) is 0.312. The lowest BCUT2D eigenvalue weighted by atomic mass is 9.94. The Kier molecular flexibility index (Phi) is 8.24. The topological polar surface area (TPSA) is 94.5 Å². The molecule has 1 saturated heterocycles. The third kappa shape index (κ3) is 5.47. The van der Waals surface area contributed by atoms with Crippen LogP contribution in [-0.2, 0) is 16.1 Å². The van der Waals surface area contributed by atoms with Crippen LogP contribution in [0.1, 0.15) is 48.9 Å². The predicted octanol–water partition coefficient (Wildman–Crippen LogP) is 5.66. The maximum Gasteiger partial charge on any atom is 0.295 e. The van der Waals surface area contributed by atoms with Crippen molar-refractivity contribution in [3.8, 4) is 23.0 Å². The maximum atomic E-state index is 13.5. The van der Waals surface area contributed by atoms with Crippen LogP contribution in [0.4, 0.5) is 0 Å². The van der Waals surface area contributed by atoms with E-state index in [1.54, 1.807) is 37.4 Å². The van der Waals surface area contributed by atoms with Crippen molar-refractivity contribution in [3.63, 3.8) is 0 Å². The van der Waals surface area contributed by atoms with Crippen LogP contribution in [0.2, 0.25) is 0 Å². The van der Waals surface area contributed by atoms with Crippen LogP contribution in [0.25, 0.3) is 5.76 Å². The molecule has 208 valence electrons. The molecule has 3 aromatic carbocycles. The van der Waals surface area contributed by atoms with E-state index in [9.17, 15) is 14.7 Å². The van der Waals surface area contributed by atoms with E-state index >= 15 is 0 Å². The number of methoxy groups -OCH3 is 1. The van der Waals surface area contributed by atoms with E-state index in [-0.39, 0.29) is 17.9 Å². The molecule has 2 heterocycles. The average Bonchev–Trinajstić information content (AvgIpc) is 3.24. The molecule has 0 aromatic heterocycles. The summed E-state index contributed by atoms with van der Waals surface area (Å²) in [6.07, 6.45) is 3.07. The van der Waals surface area contributed by atoms with Crippen molar-refractivity contribution in [2.75, 3.05) is 26.9 Å². The second-order valence-corrected chi connectivity index (χ2v) is 9.74. The zero-order chi connectivity index (χ0) is 28.1. The highest BCUT2D eigenvalue weighted by molar-refractivity contribution is 6.46. The van der Waals surface area contributed by atoms with Crippen molar-refractivity contribution in [2.45, 2.75) is 38.8 Å². The van der Waals surface area contributed by atoms with Gasteiger partial charge in [0.1, 0.15) is 19.0 Å². The molecular formula is C32H33NO7. The number of hydrogen-bond donors (Lipinski definition) is 1. The lowest BCUT2D eigenvalue weighted by Crippen LogP contribution is -2.29. The molecule has 2 aliphatic rings. The van der Waals surface area contributed by atoms with Crippen LogP contribution in [0, 0.1) is 0 Å². The van der Waals surface area contributed by atoms with E-state index in [0.717, 1.165) is 24.8 Å². The molecule has 5 rings (SSSR count). The minimum absolute atomic E-state index is 0.00345. The minimum atomic E-state index is -0.851. The summed E-state index contributed by atoms with van der Waals surface area (Å²) in [6.45, 7) is 3.69. The van der Waals surface area contributed by atoms with Crippen LogP contribution in [0.15, 0.2) is 72.3 Å². The van der Waals surface area contributed by atoms with Crippen LogP contribution < -0.4 is 18.9 Å². The Morgan fingerprint density at radius 1 is 0.950 bits per heavy atom. The molecule has 1 atom stereocenters. The van der Waals surface area contributed by atoms with Gasteiger partial charge in [-0.3, -0.25) is 9.59 Å². The Morgan fingerprint density at radius 2 is 1.73 bits per heavy atom.